The lowest BCUT2D eigenvalue weighted by Gasteiger charge is -2.10. The van der Waals surface area contributed by atoms with Crippen molar-refractivity contribution in [3.05, 3.63) is 126 Å². The molecule has 2 aromatic heterocycles. The van der Waals surface area contributed by atoms with Gasteiger partial charge in [-0.05, 0) is 48.0 Å². The highest BCUT2D eigenvalue weighted by Gasteiger charge is 2.16. The molecule has 6 aromatic rings. The molecule has 0 atom stereocenters. The molecule has 34 heavy (non-hydrogen) atoms. The molecule has 0 aliphatic rings. The molecule has 5 heteroatoms. The number of nitro benzene ring substituents is 1. The van der Waals surface area contributed by atoms with E-state index in [1.54, 1.807) is 18.3 Å². The number of para-hydroxylation sites is 2. The number of hydrogen-bond donors (Lipinski definition) is 0. The highest BCUT2D eigenvalue weighted by atomic mass is 16.6. The summed E-state index contributed by atoms with van der Waals surface area (Å²) in [6.45, 7) is 0. The van der Waals surface area contributed by atoms with E-state index in [9.17, 15) is 10.1 Å². The minimum absolute atomic E-state index is 0.104. The molecule has 5 nitrogen and oxygen atoms in total. The van der Waals surface area contributed by atoms with Crippen LogP contribution in [-0.2, 0) is 0 Å². The van der Waals surface area contributed by atoms with Crippen LogP contribution >= 0.6 is 0 Å². The zero-order valence-corrected chi connectivity index (χ0v) is 18.1. The maximum Gasteiger partial charge on any atom is 0.277 e. The molecule has 0 radical (unpaired) electrons. The van der Waals surface area contributed by atoms with Crippen LogP contribution in [0.2, 0.25) is 0 Å². The van der Waals surface area contributed by atoms with Gasteiger partial charge in [-0.15, -0.1) is 0 Å². The molecule has 6 rings (SSSR count). The molecule has 0 amide bonds. The van der Waals surface area contributed by atoms with E-state index in [1.165, 1.54) is 11.5 Å². The highest BCUT2D eigenvalue weighted by molar-refractivity contribution is 6.10. The lowest BCUT2D eigenvalue weighted by atomic mass is 10.0. The van der Waals surface area contributed by atoms with Crippen molar-refractivity contribution in [2.45, 2.75) is 0 Å². The largest absolute Gasteiger partial charge is 0.309 e. The van der Waals surface area contributed by atoms with Gasteiger partial charge in [0.1, 0.15) is 0 Å². The number of aromatic nitrogens is 2. The maximum atomic E-state index is 11.5. The van der Waals surface area contributed by atoms with Crippen molar-refractivity contribution in [3.63, 3.8) is 0 Å². The molecule has 0 saturated heterocycles. The first kappa shape index (κ1) is 19.9. The Kier molecular flexibility index (Phi) is 4.66. The van der Waals surface area contributed by atoms with Crippen molar-refractivity contribution >= 4 is 27.5 Å². The van der Waals surface area contributed by atoms with E-state index >= 15 is 0 Å². The molecule has 0 bridgehead atoms. The molecule has 162 valence electrons. The molecular weight excluding hydrogens is 422 g/mol. The highest BCUT2D eigenvalue weighted by Crippen LogP contribution is 2.35. The monoisotopic (exact) mass is 441 g/mol. The summed E-state index contributed by atoms with van der Waals surface area (Å²) in [5, 5.41) is 13.8. The summed E-state index contributed by atoms with van der Waals surface area (Å²) in [5.41, 5.74) is 6.68. The summed E-state index contributed by atoms with van der Waals surface area (Å²) >= 11 is 0. The summed E-state index contributed by atoms with van der Waals surface area (Å²) in [7, 11) is 0. The van der Waals surface area contributed by atoms with Gasteiger partial charge in [-0.2, -0.15) is 0 Å². The van der Waals surface area contributed by atoms with Gasteiger partial charge in [0.25, 0.3) is 5.69 Å². The van der Waals surface area contributed by atoms with Crippen LogP contribution in [0, 0.1) is 10.1 Å². The molecule has 0 aliphatic heterocycles. The Morgan fingerprint density at radius 3 is 2.18 bits per heavy atom. The van der Waals surface area contributed by atoms with Crippen LogP contribution in [0.3, 0.4) is 0 Å². The molecule has 0 spiro atoms. The summed E-state index contributed by atoms with van der Waals surface area (Å²) in [6.07, 6.45) is 1.80. The molecule has 0 N–H and O–H groups in total. The summed E-state index contributed by atoms with van der Waals surface area (Å²) in [5.74, 6) is 0. The van der Waals surface area contributed by atoms with Crippen LogP contribution < -0.4 is 0 Å². The van der Waals surface area contributed by atoms with Gasteiger partial charge in [0, 0.05) is 34.3 Å². The summed E-state index contributed by atoms with van der Waals surface area (Å²) in [4.78, 5) is 15.7. The van der Waals surface area contributed by atoms with Gasteiger partial charge in [0.2, 0.25) is 0 Å². The van der Waals surface area contributed by atoms with Crippen LogP contribution in [0.15, 0.2) is 115 Å². The van der Waals surface area contributed by atoms with Gasteiger partial charge in [-0.25, -0.2) is 0 Å². The third-order valence-corrected chi connectivity index (χ3v) is 6.17. The Hall–Kier alpha value is -4.77. The number of nitrogens with zero attached hydrogens (tertiary/aromatic N) is 3. The Morgan fingerprint density at radius 1 is 0.676 bits per heavy atom. The number of fused-ring (bicyclic) bond motifs is 3. The third-order valence-electron chi connectivity index (χ3n) is 6.17. The lowest BCUT2D eigenvalue weighted by molar-refractivity contribution is -0.384. The second-order valence-electron chi connectivity index (χ2n) is 8.12. The second kappa shape index (κ2) is 7.98. The zero-order valence-electron chi connectivity index (χ0n) is 18.1. The van der Waals surface area contributed by atoms with Gasteiger partial charge < -0.3 is 4.57 Å². The Morgan fingerprint density at radius 2 is 1.38 bits per heavy atom. The number of benzene rings is 4. The smallest absolute Gasteiger partial charge is 0.277 e. The van der Waals surface area contributed by atoms with Crippen LogP contribution in [0.5, 0.6) is 0 Å². The number of hydrogen-bond acceptors (Lipinski definition) is 3. The predicted octanol–water partition coefficient (Wildman–Crippen LogP) is 7.42. The van der Waals surface area contributed by atoms with Gasteiger partial charge in [-0.3, -0.25) is 15.1 Å². The average Bonchev–Trinajstić information content (AvgIpc) is 3.23. The first-order valence-corrected chi connectivity index (χ1v) is 11.0. The standard InChI is InChI=1S/C29H19N3O2/c33-32(34)28-11-4-1-7-23(28)20-12-15-22(16-13-20)31-27-10-3-2-8-24(27)25-17-14-21(19-29(25)31)26-9-5-6-18-30-26/h1-19H. The maximum absolute atomic E-state index is 11.5. The molecule has 0 aliphatic carbocycles. The van der Waals surface area contributed by atoms with E-state index in [1.807, 2.05) is 54.6 Å². The second-order valence-corrected chi connectivity index (χ2v) is 8.12. The summed E-state index contributed by atoms with van der Waals surface area (Å²) < 4.78 is 2.24. The SMILES string of the molecule is O=[N+]([O-])c1ccccc1-c1ccc(-n2c3ccccc3c3ccc(-c4ccccn4)cc32)cc1. The average molecular weight is 441 g/mol. The first-order chi connectivity index (χ1) is 16.7. The Labute approximate surface area is 195 Å². The van der Waals surface area contributed by atoms with E-state index in [4.69, 9.17) is 0 Å². The van der Waals surface area contributed by atoms with Crippen molar-refractivity contribution < 1.29 is 4.92 Å². The number of nitro groups is 1. The molecular formula is C29H19N3O2. The Bertz CT molecular complexity index is 1670. The molecule has 0 unspecified atom stereocenters. The van der Waals surface area contributed by atoms with Gasteiger partial charge in [-0.1, -0.05) is 60.7 Å². The number of pyridine rings is 1. The fourth-order valence-corrected chi connectivity index (χ4v) is 4.61. The topological polar surface area (TPSA) is 61.0 Å². The molecule has 0 fully saturated rings. The van der Waals surface area contributed by atoms with Crippen LogP contribution in [0.4, 0.5) is 5.69 Å². The summed E-state index contributed by atoms with van der Waals surface area (Å²) in [6, 6.07) is 35.5. The van der Waals surface area contributed by atoms with Crippen LogP contribution in [-0.4, -0.2) is 14.5 Å². The van der Waals surface area contributed by atoms with Gasteiger partial charge in [0.05, 0.1) is 27.2 Å². The molecule has 4 aromatic carbocycles. The normalized spacial score (nSPS) is 11.2. The van der Waals surface area contributed by atoms with E-state index in [0.717, 1.165) is 38.9 Å². The molecule has 2 heterocycles. The minimum atomic E-state index is -0.338. The predicted molar refractivity (Wildman–Crippen MR) is 136 cm³/mol. The van der Waals surface area contributed by atoms with E-state index in [0.29, 0.717) is 5.56 Å². The number of rotatable bonds is 4. The van der Waals surface area contributed by atoms with E-state index < -0.39 is 0 Å². The van der Waals surface area contributed by atoms with Crippen LogP contribution in [0.25, 0.3) is 49.9 Å². The van der Waals surface area contributed by atoms with E-state index in [-0.39, 0.29) is 10.6 Å². The minimum Gasteiger partial charge on any atom is -0.309 e. The van der Waals surface area contributed by atoms with Gasteiger partial charge in [0.15, 0.2) is 0 Å². The zero-order chi connectivity index (χ0) is 23.1. The fourth-order valence-electron chi connectivity index (χ4n) is 4.61. The van der Waals surface area contributed by atoms with Crippen molar-refractivity contribution in [2.75, 3.05) is 0 Å². The van der Waals surface area contributed by atoms with Crippen molar-refractivity contribution in [1.82, 2.24) is 9.55 Å². The van der Waals surface area contributed by atoms with E-state index in [2.05, 4.69) is 45.9 Å². The van der Waals surface area contributed by atoms with Crippen molar-refractivity contribution in [1.29, 1.82) is 0 Å². The lowest BCUT2D eigenvalue weighted by Crippen LogP contribution is -1.95. The molecule has 0 saturated carbocycles. The first-order valence-electron chi connectivity index (χ1n) is 11.0. The van der Waals surface area contributed by atoms with Gasteiger partial charge >= 0.3 is 0 Å². The fraction of sp³-hybridized carbons (Fsp3) is 0. The quantitative estimate of drug-likeness (QED) is 0.211. The van der Waals surface area contributed by atoms with Crippen LogP contribution in [0.1, 0.15) is 0 Å². The van der Waals surface area contributed by atoms with Crippen molar-refractivity contribution in [3.8, 4) is 28.1 Å². The third kappa shape index (κ3) is 3.22. The van der Waals surface area contributed by atoms with Crippen molar-refractivity contribution in [2.24, 2.45) is 0 Å². The Balaban J connectivity index is 1.54.